The molecule has 1 amide bonds. The zero-order valence-corrected chi connectivity index (χ0v) is 10.3. The van der Waals surface area contributed by atoms with Crippen LogP contribution in [0.4, 0.5) is 4.39 Å². The number of carbonyl (C=O) groups is 2. The third kappa shape index (κ3) is 2.73. The summed E-state index contributed by atoms with van der Waals surface area (Å²) in [4.78, 5) is 24.5. The van der Waals surface area contributed by atoms with E-state index in [0.29, 0.717) is 13.1 Å². The van der Waals surface area contributed by atoms with E-state index in [9.17, 15) is 19.1 Å². The molecule has 0 radical (unpaired) electrons. The topological polar surface area (TPSA) is 83.6 Å². The van der Waals surface area contributed by atoms with Gasteiger partial charge in [-0.05, 0) is 30.2 Å². The smallest absolute Gasteiger partial charge is 0.331 e. The Morgan fingerprint density at radius 2 is 2.32 bits per heavy atom. The first-order valence-electron chi connectivity index (χ1n) is 6.00. The van der Waals surface area contributed by atoms with E-state index >= 15 is 0 Å². The highest BCUT2D eigenvalue weighted by Crippen LogP contribution is 2.29. The van der Waals surface area contributed by atoms with Crippen molar-refractivity contribution in [2.75, 3.05) is 13.1 Å². The number of nitrogens with two attached hydrogens (primary N) is 1. The number of hydrogen-bond acceptors (Lipinski definition) is 3. The van der Waals surface area contributed by atoms with Crippen LogP contribution < -0.4 is 5.73 Å². The van der Waals surface area contributed by atoms with Gasteiger partial charge in [-0.1, -0.05) is 12.1 Å². The summed E-state index contributed by atoms with van der Waals surface area (Å²) in [6, 6.07) is 4.16. The Balaban J connectivity index is 2.31. The summed E-state index contributed by atoms with van der Waals surface area (Å²) in [5.74, 6) is -1.99. The fourth-order valence-corrected chi connectivity index (χ4v) is 2.35. The van der Waals surface area contributed by atoms with Crippen LogP contribution in [0.1, 0.15) is 18.0 Å². The van der Waals surface area contributed by atoms with Crippen molar-refractivity contribution in [1.82, 2.24) is 4.90 Å². The molecule has 19 heavy (non-hydrogen) atoms. The molecular formula is C13H15FN2O3. The zero-order valence-electron chi connectivity index (χ0n) is 10.3. The van der Waals surface area contributed by atoms with Crippen LogP contribution in [0.25, 0.3) is 0 Å². The van der Waals surface area contributed by atoms with E-state index in [1.165, 1.54) is 23.1 Å². The van der Waals surface area contributed by atoms with E-state index in [1.54, 1.807) is 0 Å². The highest BCUT2D eigenvalue weighted by Gasteiger charge is 2.38. The Labute approximate surface area is 109 Å². The van der Waals surface area contributed by atoms with Crippen LogP contribution in [-0.2, 0) is 9.59 Å². The fourth-order valence-electron chi connectivity index (χ4n) is 2.35. The summed E-state index contributed by atoms with van der Waals surface area (Å²) in [5.41, 5.74) is 5.77. The molecule has 0 aromatic heterocycles. The van der Waals surface area contributed by atoms with Gasteiger partial charge < -0.3 is 15.7 Å². The Hall–Kier alpha value is -1.95. The van der Waals surface area contributed by atoms with Crippen LogP contribution in [0.5, 0.6) is 0 Å². The van der Waals surface area contributed by atoms with E-state index in [1.807, 2.05) is 0 Å². The number of hydrogen-bond donors (Lipinski definition) is 2. The van der Waals surface area contributed by atoms with Gasteiger partial charge in [-0.25, -0.2) is 9.18 Å². The minimum atomic E-state index is -1.17. The first kappa shape index (κ1) is 13.5. The molecule has 1 aliphatic rings. The molecule has 2 unspecified atom stereocenters. The number of amides is 1. The van der Waals surface area contributed by atoms with Gasteiger partial charge in [-0.15, -0.1) is 0 Å². The molecule has 2 atom stereocenters. The first-order chi connectivity index (χ1) is 9.02. The van der Waals surface area contributed by atoms with Gasteiger partial charge in [0, 0.05) is 13.0 Å². The highest BCUT2D eigenvalue weighted by atomic mass is 19.1. The van der Waals surface area contributed by atoms with E-state index in [2.05, 4.69) is 0 Å². The van der Waals surface area contributed by atoms with Crippen molar-refractivity contribution in [2.24, 2.45) is 11.7 Å². The summed E-state index contributed by atoms with van der Waals surface area (Å²) in [6.45, 7) is 0.626. The molecule has 1 aliphatic heterocycles. The highest BCUT2D eigenvalue weighted by molar-refractivity contribution is 5.86. The number of carboxylic acid groups (broad SMARTS) is 1. The summed E-state index contributed by atoms with van der Waals surface area (Å²) < 4.78 is 13.2. The number of nitrogens with zero attached hydrogens (tertiary/aromatic N) is 1. The van der Waals surface area contributed by atoms with Gasteiger partial charge in [0.1, 0.15) is 5.82 Å². The largest absolute Gasteiger partial charge is 0.479 e. The van der Waals surface area contributed by atoms with Crippen molar-refractivity contribution in [3.8, 4) is 0 Å². The van der Waals surface area contributed by atoms with E-state index in [4.69, 9.17) is 5.73 Å². The molecule has 2 rings (SSSR count). The fraction of sp³-hybridized carbons (Fsp3) is 0.385. The summed E-state index contributed by atoms with van der Waals surface area (Å²) in [5, 5.41) is 9.31. The second-order valence-corrected chi connectivity index (χ2v) is 4.65. The Kier molecular flexibility index (Phi) is 3.80. The molecule has 0 saturated carbocycles. The first-order valence-corrected chi connectivity index (χ1v) is 6.00. The average molecular weight is 266 g/mol. The van der Waals surface area contributed by atoms with Crippen molar-refractivity contribution in [2.45, 2.75) is 12.5 Å². The van der Waals surface area contributed by atoms with Crippen LogP contribution in [-0.4, -0.2) is 35.0 Å². The number of carboxylic acids is 1. The third-order valence-electron chi connectivity index (χ3n) is 3.28. The van der Waals surface area contributed by atoms with Crippen molar-refractivity contribution >= 4 is 11.9 Å². The Morgan fingerprint density at radius 1 is 1.58 bits per heavy atom. The quantitative estimate of drug-likeness (QED) is 0.842. The second kappa shape index (κ2) is 5.36. The van der Waals surface area contributed by atoms with E-state index in [-0.39, 0.29) is 23.8 Å². The van der Waals surface area contributed by atoms with Gasteiger partial charge in [-0.2, -0.15) is 0 Å². The Bertz CT molecular complexity index is 506. The molecular weight excluding hydrogens is 251 g/mol. The molecule has 1 aromatic carbocycles. The normalized spacial score (nSPS) is 20.6. The van der Waals surface area contributed by atoms with Gasteiger partial charge in [0.25, 0.3) is 0 Å². The number of benzene rings is 1. The predicted octanol–water partition coefficient (Wildman–Crippen LogP) is 0.759. The van der Waals surface area contributed by atoms with Crippen LogP contribution >= 0.6 is 0 Å². The summed E-state index contributed by atoms with van der Waals surface area (Å²) in [7, 11) is 0. The Morgan fingerprint density at radius 3 is 2.84 bits per heavy atom. The van der Waals surface area contributed by atoms with Crippen LogP contribution in [0, 0.1) is 11.7 Å². The summed E-state index contributed by atoms with van der Waals surface area (Å²) in [6.07, 6.45) is 0.246. The molecule has 0 bridgehead atoms. The van der Waals surface area contributed by atoms with Crippen molar-refractivity contribution in [3.05, 3.63) is 35.6 Å². The lowest BCUT2D eigenvalue weighted by Crippen LogP contribution is -2.35. The van der Waals surface area contributed by atoms with Crippen LogP contribution in [0.3, 0.4) is 0 Å². The molecule has 102 valence electrons. The SMILES string of the molecule is NCC1CC(=O)N(C(C(=O)O)c2cccc(F)c2)C1. The standard InChI is InChI=1S/C13H15FN2O3/c14-10-3-1-2-9(5-10)12(13(18)19)16-7-8(6-15)4-11(16)17/h1-3,5,8,12H,4,6-7,15H2,(H,18,19). The van der Waals surface area contributed by atoms with Gasteiger partial charge in [0.2, 0.25) is 5.91 Å². The number of halogens is 1. The molecule has 1 heterocycles. The maximum absolute atomic E-state index is 13.2. The number of rotatable bonds is 4. The van der Waals surface area contributed by atoms with E-state index in [0.717, 1.165) is 6.07 Å². The van der Waals surface area contributed by atoms with Crippen molar-refractivity contribution in [1.29, 1.82) is 0 Å². The molecule has 3 N–H and O–H groups in total. The van der Waals surface area contributed by atoms with Crippen LogP contribution in [0.2, 0.25) is 0 Å². The minimum absolute atomic E-state index is 0.0390. The monoisotopic (exact) mass is 266 g/mol. The van der Waals surface area contributed by atoms with Crippen LogP contribution in [0.15, 0.2) is 24.3 Å². The molecule has 5 nitrogen and oxygen atoms in total. The molecule has 6 heteroatoms. The molecule has 1 fully saturated rings. The average Bonchev–Trinajstić information content (AvgIpc) is 2.71. The zero-order chi connectivity index (χ0) is 14.0. The molecule has 0 spiro atoms. The lowest BCUT2D eigenvalue weighted by atomic mass is 10.1. The molecule has 1 saturated heterocycles. The van der Waals surface area contributed by atoms with Gasteiger partial charge in [0.05, 0.1) is 0 Å². The molecule has 0 aliphatic carbocycles. The predicted molar refractivity (Wildman–Crippen MR) is 65.7 cm³/mol. The van der Waals surface area contributed by atoms with E-state index < -0.39 is 17.8 Å². The number of aliphatic carboxylic acids is 1. The maximum Gasteiger partial charge on any atom is 0.331 e. The number of likely N-dealkylation sites (tertiary alicyclic amines) is 1. The minimum Gasteiger partial charge on any atom is -0.479 e. The summed E-state index contributed by atoms with van der Waals surface area (Å²) >= 11 is 0. The van der Waals surface area contributed by atoms with Gasteiger partial charge in [0.15, 0.2) is 6.04 Å². The molecule has 1 aromatic rings. The second-order valence-electron chi connectivity index (χ2n) is 4.65. The lowest BCUT2D eigenvalue weighted by molar-refractivity contribution is -0.148. The number of carbonyl (C=O) groups excluding carboxylic acids is 1. The third-order valence-corrected chi connectivity index (χ3v) is 3.28. The van der Waals surface area contributed by atoms with Crippen molar-refractivity contribution in [3.63, 3.8) is 0 Å². The van der Waals surface area contributed by atoms with Gasteiger partial charge >= 0.3 is 5.97 Å². The lowest BCUT2D eigenvalue weighted by Gasteiger charge is -2.25. The van der Waals surface area contributed by atoms with Crippen molar-refractivity contribution < 1.29 is 19.1 Å². The maximum atomic E-state index is 13.2. The van der Waals surface area contributed by atoms with Gasteiger partial charge in [-0.3, -0.25) is 4.79 Å².